The first-order chi connectivity index (χ1) is 45.1. The molecule has 1 aliphatic heterocycles. The molecule has 0 bridgehead atoms. The van der Waals surface area contributed by atoms with Crippen molar-refractivity contribution in [2.45, 2.75) is 177 Å². The van der Waals surface area contributed by atoms with Crippen LogP contribution in [0.3, 0.4) is 0 Å². The average Bonchev–Trinajstić information content (AvgIpc) is 0.812. The quantitative estimate of drug-likeness (QED) is 0.127. The highest BCUT2D eigenvalue weighted by molar-refractivity contribution is 6.10. The molecule has 0 aliphatic carbocycles. The van der Waals surface area contributed by atoms with Gasteiger partial charge in [0.25, 0.3) is 0 Å². The number of benzene rings is 9. The van der Waals surface area contributed by atoms with Gasteiger partial charge in [-0.05, 0) is 219 Å². The van der Waals surface area contributed by atoms with Crippen LogP contribution in [0.25, 0.3) is 0 Å². The van der Waals surface area contributed by atoms with Crippen LogP contribution in [0.4, 0.5) is 51.2 Å². The second kappa shape index (κ2) is 27.3. The van der Waals surface area contributed by atoms with E-state index in [0.717, 1.165) is 67.9 Å². The van der Waals surface area contributed by atoms with Gasteiger partial charge in [0, 0.05) is 62.3 Å². The molecular formula is C87H101N9. The number of nitrogens with zero attached hydrogens (tertiary/aromatic N) is 7. The monoisotopic (exact) mass is 1270 g/mol. The van der Waals surface area contributed by atoms with E-state index in [1.165, 1.54) is 33.4 Å². The van der Waals surface area contributed by atoms with E-state index in [1.807, 2.05) is 13.8 Å². The molecule has 1 atom stereocenters. The SMILES string of the molecule is C=C1N=C(c2ccc(N(c3ccc(C(C)(C)C)cc3)c3ccc(C(C)(C)C)cc3)cc2)N=C(C)NC(c2ccc(N(c3ccc(C(C)(C)C)cc3)c3ccc(C(C)(C)C)cc3)cc2)N=C(C)NC(c2ccc(N(c3ccc(C(C)(C)C)cc3)c3ccc(C(C)(C)C)cc3)cc2)=N1. The second-order valence-electron chi connectivity index (χ2n) is 31.9. The molecule has 2 N–H and O–H groups in total. The first-order valence-electron chi connectivity index (χ1n) is 33.9. The Bertz CT molecular complexity index is 4110. The van der Waals surface area contributed by atoms with E-state index in [0.29, 0.717) is 23.3 Å². The van der Waals surface area contributed by atoms with Crippen molar-refractivity contribution in [3.05, 3.63) is 281 Å². The third-order valence-electron chi connectivity index (χ3n) is 17.9. The normalized spacial score (nSPS) is 14.6. The summed E-state index contributed by atoms with van der Waals surface area (Å²) >= 11 is 0. The lowest BCUT2D eigenvalue weighted by Gasteiger charge is -2.28. The van der Waals surface area contributed by atoms with E-state index in [9.17, 15) is 0 Å². The van der Waals surface area contributed by atoms with Crippen LogP contribution < -0.4 is 25.3 Å². The van der Waals surface area contributed by atoms with Gasteiger partial charge in [0.15, 0.2) is 5.84 Å². The van der Waals surface area contributed by atoms with Gasteiger partial charge in [0.2, 0.25) is 0 Å². The Labute approximate surface area is 574 Å². The van der Waals surface area contributed by atoms with Gasteiger partial charge in [-0.2, -0.15) is 0 Å². The molecular weight excluding hydrogens is 1170 g/mol. The first kappa shape index (κ1) is 69.2. The van der Waals surface area contributed by atoms with Crippen molar-refractivity contribution in [2.24, 2.45) is 20.0 Å². The summed E-state index contributed by atoms with van der Waals surface area (Å²) < 4.78 is 0. The highest BCUT2D eigenvalue weighted by Crippen LogP contribution is 2.42. The smallest absolute Gasteiger partial charge is 0.163 e. The van der Waals surface area contributed by atoms with Gasteiger partial charge < -0.3 is 25.3 Å². The molecule has 494 valence electrons. The Morgan fingerprint density at radius 1 is 0.292 bits per heavy atom. The van der Waals surface area contributed by atoms with Gasteiger partial charge in [-0.25, -0.2) is 20.0 Å². The van der Waals surface area contributed by atoms with Crippen LogP contribution >= 0.6 is 0 Å². The molecule has 96 heavy (non-hydrogen) atoms. The Hall–Kier alpha value is -9.60. The van der Waals surface area contributed by atoms with E-state index >= 15 is 0 Å². The summed E-state index contributed by atoms with van der Waals surface area (Å²) in [5, 5.41) is 7.37. The number of anilines is 9. The molecule has 1 unspecified atom stereocenters. The molecule has 10 rings (SSSR count). The molecule has 9 aromatic rings. The first-order valence-corrected chi connectivity index (χ1v) is 33.9. The maximum atomic E-state index is 5.42. The molecule has 9 nitrogen and oxygen atoms in total. The summed E-state index contributed by atoms with van der Waals surface area (Å²) in [4.78, 5) is 28.0. The largest absolute Gasteiger partial charge is 0.348 e. The molecule has 1 heterocycles. The lowest BCUT2D eigenvalue weighted by Crippen LogP contribution is -2.33. The summed E-state index contributed by atoms with van der Waals surface area (Å²) in [7, 11) is 0. The standard InChI is InChI=1S/C87H101N9/c1-58-88-79(61-22-40-70(41-23-61)94(73-46-28-64(29-47-73)82(4,5)6)74-48-30-65(31-49-74)83(7,8)9)90-59(2)92-81(63-26-44-72(45-27-63)96(77-54-36-68(37-55-77)86(16,17)18)78-56-38-69(39-57-78)87(19,20)21)93-60(3)91-80(89-58)62-24-42-71(43-25-62)95(75-50-32-66(33-51-75)84(10,11)12)76-52-34-67(35-53-76)85(13,14)15/h22-57,81H,1H2,2-21H3,(H,88,90,92)(H,89,91,93). The summed E-state index contributed by atoms with van der Waals surface area (Å²) in [6.45, 7) is 49.0. The van der Waals surface area contributed by atoms with Crippen molar-refractivity contribution in [3.63, 3.8) is 0 Å². The van der Waals surface area contributed by atoms with Crippen LogP contribution in [-0.4, -0.2) is 23.3 Å². The summed E-state index contributed by atoms with van der Waals surface area (Å²) in [6, 6.07) is 79.3. The second-order valence-corrected chi connectivity index (χ2v) is 31.9. The fourth-order valence-electron chi connectivity index (χ4n) is 11.9. The zero-order chi connectivity index (χ0) is 69.3. The van der Waals surface area contributed by atoms with Gasteiger partial charge >= 0.3 is 0 Å². The van der Waals surface area contributed by atoms with Crippen molar-refractivity contribution >= 4 is 74.5 Å². The summed E-state index contributed by atoms with van der Waals surface area (Å²) in [5.74, 6) is 2.49. The van der Waals surface area contributed by atoms with Gasteiger partial charge in [-0.3, -0.25) is 0 Å². The van der Waals surface area contributed by atoms with Gasteiger partial charge in [0.05, 0.1) is 0 Å². The number of hydrogen-bond acceptors (Lipinski definition) is 9. The molecule has 1 aliphatic rings. The third kappa shape index (κ3) is 16.5. The minimum atomic E-state index is -0.582. The third-order valence-corrected chi connectivity index (χ3v) is 17.9. The fourth-order valence-corrected chi connectivity index (χ4v) is 11.9. The van der Waals surface area contributed by atoms with E-state index in [4.69, 9.17) is 20.0 Å². The lowest BCUT2D eigenvalue weighted by atomic mass is 9.86. The van der Waals surface area contributed by atoms with Crippen molar-refractivity contribution < 1.29 is 0 Å². The highest BCUT2D eigenvalue weighted by Gasteiger charge is 2.25. The zero-order valence-corrected chi connectivity index (χ0v) is 60.7. The fraction of sp³-hybridized carbons (Fsp3) is 0.310. The average molecular weight is 1270 g/mol. The molecule has 9 heteroatoms. The van der Waals surface area contributed by atoms with E-state index in [1.54, 1.807) is 0 Å². The Morgan fingerprint density at radius 2 is 0.531 bits per heavy atom. The number of amidine groups is 4. The molecule has 0 saturated heterocycles. The van der Waals surface area contributed by atoms with Crippen LogP contribution in [0.1, 0.15) is 195 Å². The summed E-state index contributed by atoms with van der Waals surface area (Å²) in [6.07, 6.45) is -0.582. The molecule has 0 radical (unpaired) electrons. The molecule has 0 amide bonds. The van der Waals surface area contributed by atoms with E-state index in [-0.39, 0.29) is 38.3 Å². The van der Waals surface area contributed by atoms with Crippen molar-refractivity contribution in [2.75, 3.05) is 14.7 Å². The van der Waals surface area contributed by atoms with Gasteiger partial charge in [0.1, 0.15) is 29.5 Å². The topological polar surface area (TPSA) is 83.2 Å². The Kier molecular flexibility index (Phi) is 19.7. The number of nitrogens with one attached hydrogen (secondary N) is 2. The Balaban J connectivity index is 1.07. The van der Waals surface area contributed by atoms with Crippen LogP contribution in [-0.2, 0) is 32.5 Å². The van der Waals surface area contributed by atoms with Crippen molar-refractivity contribution in [1.29, 1.82) is 0 Å². The minimum absolute atomic E-state index is 0.00942. The van der Waals surface area contributed by atoms with E-state index < -0.39 is 6.17 Å². The lowest BCUT2D eigenvalue weighted by molar-refractivity contribution is 0.590. The molecule has 0 aromatic heterocycles. The molecule has 0 saturated carbocycles. The molecule has 0 spiro atoms. The highest BCUT2D eigenvalue weighted by atomic mass is 15.2. The zero-order valence-electron chi connectivity index (χ0n) is 60.7. The number of rotatable bonds is 12. The van der Waals surface area contributed by atoms with Crippen LogP contribution in [0.15, 0.2) is 251 Å². The predicted octanol–water partition coefficient (Wildman–Crippen LogP) is 23.3. The van der Waals surface area contributed by atoms with Crippen molar-refractivity contribution in [3.8, 4) is 0 Å². The minimum Gasteiger partial charge on any atom is -0.348 e. The Morgan fingerprint density at radius 3 is 0.792 bits per heavy atom. The van der Waals surface area contributed by atoms with Crippen LogP contribution in [0.2, 0.25) is 0 Å². The van der Waals surface area contributed by atoms with Crippen LogP contribution in [0.5, 0.6) is 0 Å². The maximum absolute atomic E-state index is 5.42. The van der Waals surface area contributed by atoms with Crippen molar-refractivity contribution in [1.82, 2.24) is 10.6 Å². The molecule has 0 fully saturated rings. The van der Waals surface area contributed by atoms with Gasteiger partial charge in [-0.1, -0.05) is 216 Å². The summed E-state index contributed by atoms with van der Waals surface area (Å²) in [5.41, 5.74) is 19.6. The molecule has 9 aromatic carbocycles. The van der Waals surface area contributed by atoms with Gasteiger partial charge in [-0.15, -0.1) is 0 Å². The van der Waals surface area contributed by atoms with E-state index in [2.05, 4.69) is 375 Å². The number of aliphatic imine (C=N–C) groups is 4. The van der Waals surface area contributed by atoms with Crippen LogP contribution in [0, 0.1) is 0 Å². The maximum Gasteiger partial charge on any atom is 0.163 e. The predicted molar refractivity (Wildman–Crippen MR) is 413 cm³/mol. The number of hydrogen-bond donors (Lipinski definition) is 2.